The highest BCUT2D eigenvalue weighted by atomic mass is 16.6. The molecule has 4 atom stereocenters. The molecule has 0 unspecified atom stereocenters. The third-order valence-electron chi connectivity index (χ3n) is 7.76. The highest BCUT2D eigenvalue weighted by Crippen LogP contribution is 2.33. The number of carbonyl (C=O) groups excluding carboxylic acids is 1. The van der Waals surface area contributed by atoms with Crippen molar-refractivity contribution in [3.8, 4) is 5.75 Å². The average Bonchev–Trinajstić information content (AvgIpc) is 3.29. The van der Waals surface area contributed by atoms with Crippen LogP contribution in [0.1, 0.15) is 76.6 Å². The maximum Gasteiger partial charge on any atom is 0.310 e. The molecule has 2 aromatic rings. The van der Waals surface area contributed by atoms with E-state index in [0.717, 1.165) is 36.3 Å². The van der Waals surface area contributed by atoms with E-state index in [4.69, 9.17) is 19.2 Å². The Kier molecular flexibility index (Phi) is 11.4. The minimum atomic E-state index is -0.250. The fourth-order valence-corrected chi connectivity index (χ4v) is 5.10. The molecule has 1 fully saturated rings. The summed E-state index contributed by atoms with van der Waals surface area (Å²) in [7, 11) is 1.71. The summed E-state index contributed by atoms with van der Waals surface area (Å²) < 4.78 is 17.2. The van der Waals surface area contributed by atoms with Gasteiger partial charge in [-0.3, -0.25) is 9.79 Å². The first-order valence-corrected chi connectivity index (χ1v) is 14.2. The van der Waals surface area contributed by atoms with Gasteiger partial charge in [-0.05, 0) is 67.2 Å². The van der Waals surface area contributed by atoms with E-state index in [0.29, 0.717) is 31.5 Å². The number of benzene rings is 2. The maximum atomic E-state index is 12.7. The van der Waals surface area contributed by atoms with Crippen LogP contribution >= 0.6 is 0 Å². The number of methoxy groups -OCH3 is 1. The van der Waals surface area contributed by atoms with Crippen molar-refractivity contribution in [2.75, 3.05) is 20.3 Å². The molecule has 1 aliphatic rings. The van der Waals surface area contributed by atoms with Crippen molar-refractivity contribution in [1.82, 2.24) is 0 Å². The SMILES string of the molecule is COCCCOc1cc(C[C@@H](C/C(=N/[C@H](C)c2ccccc2)[C@@H]2C[C@@H](C(C)C)C(=O)O2)C(C)C)ccc1C. The lowest BCUT2D eigenvalue weighted by Crippen LogP contribution is -2.27. The second-order valence-electron chi connectivity index (χ2n) is 11.4. The Balaban J connectivity index is 1.83. The van der Waals surface area contributed by atoms with Gasteiger partial charge >= 0.3 is 5.97 Å². The Morgan fingerprint density at radius 1 is 1.05 bits per heavy atom. The lowest BCUT2D eigenvalue weighted by Gasteiger charge is -2.25. The second kappa shape index (κ2) is 14.5. The number of esters is 1. The molecule has 2 aromatic carbocycles. The third kappa shape index (κ3) is 8.42. The molecule has 0 radical (unpaired) electrons. The summed E-state index contributed by atoms with van der Waals surface area (Å²) in [6.45, 7) is 14.3. The Labute approximate surface area is 230 Å². The van der Waals surface area contributed by atoms with Crippen molar-refractivity contribution in [3.05, 3.63) is 65.2 Å². The van der Waals surface area contributed by atoms with E-state index in [1.165, 1.54) is 11.1 Å². The van der Waals surface area contributed by atoms with E-state index >= 15 is 0 Å². The van der Waals surface area contributed by atoms with Gasteiger partial charge < -0.3 is 14.2 Å². The van der Waals surface area contributed by atoms with E-state index < -0.39 is 0 Å². The second-order valence-corrected chi connectivity index (χ2v) is 11.4. The maximum absolute atomic E-state index is 12.7. The van der Waals surface area contributed by atoms with Crippen LogP contribution in [0.3, 0.4) is 0 Å². The highest BCUT2D eigenvalue weighted by molar-refractivity contribution is 5.93. The average molecular weight is 522 g/mol. The van der Waals surface area contributed by atoms with Crippen LogP contribution in [-0.4, -0.2) is 38.1 Å². The molecule has 1 aliphatic heterocycles. The molecule has 0 N–H and O–H groups in total. The van der Waals surface area contributed by atoms with E-state index in [2.05, 4.69) is 84.0 Å². The highest BCUT2D eigenvalue weighted by Gasteiger charge is 2.39. The number of carbonyl (C=O) groups is 1. The summed E-state index contributed by atoms with van der Waals surface area (Å²) in [5.74, 6) is 1.85. The standard InChI is InChI=1S/C33H47NO4/c1-22(2)28(18-26-15-14-24(5)31(19-26)37-17-11-16-36-7)20-30(32-21-29(23(3)4)33(35)38-32)34-25(6)27-12-9-8-10-13-27/h8-10,12-15,19,22-23,25,28-29,32H,11,16-18,20-21H2,1-7H3/b34-30-/t25-,28+,29+,32+/m1/s1. The lowest BCUT2D eigenvalue weighted by atomic mass is 9.82. The van der Waals surface area contributed by atoms with Crippen molar-refractivity contribution >= 4 is 11.7 Å². The Hall–Kier alpha value is -2.66. The summed E-state index contributed by atoms with van der Waals surface area (Å²) in [5, 5.41) is 0. The van der Waals surface area contributed by atoms with Gasteiger partial charge in [-0.2, -0.15) is 0 Å². The van der Waals surface area contributed by atoms with Gasteiger partial charge in [0, 0.05) is 26.6 Å². The van der Waals surface area contributed by atoms with Crippen molar-refractivity contribution in [1.29, 1.82) is 0 Å². The molecule has 0 aliphatic carbocycles. The van der Waals surface area contributed by atoms with Gasteiger partial charge in [0.15, 0.2) is 0 Å². The van der Waals surface area contributed by atoms with Crippen LogP contribution in [-0.2, 0) is 20.7 Å². The molecular formula is C33H47NO4. The fourth-order valence-electron chi connectivity index (χ4n) is 5.10. The molecule has 0 amide bonds. The van der Waals surface area contributed by atoms with Crippen LogP contribution < -0.4 is 4.74 Å². The Morgan fingerprint density at radius 3 is 2.42 bits per heavy atom. The predicted molar refractivity (Wildman–Crippen MR) is 155 cm³/mol. The molecular weight excluding hydrogens is 474 g/mol. The summed E-state index contributed by atoms with van der Waals surface area (Å²) >= 11 is 0. The van der Waals surface area contributed by atoms with E-state index in [9.17, 15) is 4.79 Å². The van der Waals surface area contributed by atoms with Gasteiger partial charge in [-0.25, -0.2) is 0 Å². The summed E-state index contributed by atoms with van der Waals surface area (Å²) in [6.07, 6.45) is 3.05. The number of aryl methyl sites for hydroxylation is 1. The smallest absolute Gasteiger partial charge is 0.310 e. The van der Waals surface area contributed by atoms with Crippen molar-refractivity contribution < 1.29 is 19.0 Å². The molecule has 5 nitrogen and oxygen atoms in total. The van der Waals surface area contributed by atoms with E-state index in [1.54, 1.807) is 7.11 Å². The van der Waals surface area contributed by atoms with Crippen molar-refractivity contribution in [3.63, 3.8) is 0 Å². The minimum absolute atomic E-state index is 0.00212. The molecule has 5 heteroatoms. The fraction of sp³-hybridized carbons (Fsp3) is 0.576. The largest absolute Gasteiger partial charge is 0.493 e. The molecule has 38 heavy (non-hydrogen) atoms. The summed E-state index contributed by atoms with van der Waals surface area (Å²) in [5.41, 5.74) is 4.59. The zero-order valence-corrected chi connectivity index (χ0v) is 24.4. The van der Waals surface area contributed by atoms with Crippen LogP contribution in [0.25, 0.3) is 0 Å². The predicted octanol–water partition coefficient (Wildman–Crippen LogP) is 7.41. The van der Waals surface area contributed by atoms with Gasteiger partial charge in [-0.1, -0.05) is 70.2 Å². The van der Waals surface area contributed by atoms with Crippen LogP contribution in [0.5, 0.6) is 5.75 Å². The summed E-state index contributed by atoms with van der Waals surface area (Å²) in [4.78, 5) is 17.9. The first kappa shape index (κ1) is 29.9. The van der Waals surface area contributed by atoms with Gasteiger partial charge in [-0.15, -0.1) is 0 Å². The van der Waals surface area contributed by atoms with Crippen LogP contribution in [0.15, 0.2) is 53.5 Å². The Bertz CT molecular complexity index is 1050. The number of nitrogens with zero attached hydrogens (tertiary/aromatic N) is 1. The molecule has 208 valence electrons. The zero-order chi connectivity index (χ0) is 27.7. The molecule has 0 bridgehead atoms. The third-order valence-corrected chi connectivity index (χ3v) is 7.76. The van der Waals surface area contributed by atoms with Crippen LogP contribution in [0.2, 0.25) is 0 Å². The normalized spacial score (nSPS) is 19.6. The quantitative estimate of drug-likeness (QED) is 0.148. The number of hydrogen-bond acceptors (Lipinski definition) is 5. The number of hydrogen-bond donors (Lipinski definition) is 0. The monoisotopic (exact) mass is 521 g/mol. The molecule has 1 heterocycles. The number of aliphatic imine (C=N–C) groups is 1. The van der Waals surface area contributed by atoms with Gasteiger partial charge in [0.2, 0.25) is 0 Å². The molecule has 1 saturated heterocycles. The Morgan fingerprint density at radius 2 is 1.79 bits per heavy atom. The van der Waals surface area contributed by atoms with Gasteiger partial charge in [0.25, 0.3) is 0 Å². The number of ether oxygens (including phenoxy) is 3. The summed E-state index contributed by atoms with van der Waals surface area (Å²) in [6, 6.07) is 16.9. The molecule has 0 spiro atoms. The van der Waals surface area contributed by atoms with Gasteiger partial charge in [0.1, 0.15) is 11.9 Å². The van der Waals surface area contributed by atoms with Crippen molar-refractivity contribution in [2.45, 2.75) is 79.4 Å². The van der Waals surface area contributed by atoms with Crippen LogP contribution in [0, 0.1) is 30.6 Å². The van der Waals surface area contributed by atoms with Crippen molar-refractivity contribution in [2.24, 2.45) is 28.7 Å². The first-order chi connectivity index (χ1) is 18.2. The molecule has 0 aromatic heterocycles. The lowest BCUT2D eigenvalue weighted by molar-refractivity contribution is -0.143. The van der Waals surface area contributed by atoms with E-state index in [1.807, 2.05) is 6.07 Å². The van der Waals surface area contributed by atoms with E-state index in [-0.39, 0.29) is 30.0 Å². The molecule has 0 saturated carbocycles. The zero-order valence-electron chi connectivity index (χ0n) is 24.4. The number of cyclic esters (lactones) is 1. The van der Waals surface area contributed by atoms with Crippen LogP contribution in [0.4, 0.5) is 0 Å². The topological polar surface area (TPSA) is 57.1 Å². The van der Waals surface area contributed by atoms with Gasteiger partial charge in [0.05, 0.1) is 24.3 Å². The minimum Gasteiger partial charge on any atom is -0.493 e. The molecule has 3 rings (SSSR count). The number of rotatable bonds is 14. The first-order valence-electron chi connectivity index (χ1n) is 14.2.